The topological polar surface area (TPSA) is 68.4 Å². The maximum absolute atomic E-state index is 9.51. The second-order valence-electron chi connectivity index (χ2n) is 4.66. The maximum atomic E-state index is 9.51. The molecule has 0 saturated carbocycles. The van der Waals surface area contributed by atoms with Crippen molar-refractivity contribution in [3.05, 3.63) is 63.1 Å². The van der Waals surface area contributed by atoms with Crippen LogP contribution in [0.25, 0.3) is 0 Å². The van der Waals surface area contributed by atoms with Crippen LogP contribution >= 0.6 is 23.2 Å². The molecule has 2 N–H and O–H groups in total. The standard InChI is InChI=1S/C16H13Cl2N3O/c1-10-6-13(15(18)7-16(10)20-9-21-22)14(8-19)11-2-4-12(17)5-3-11/h2-7,9,14,22H,1H3,(H,20,21). The fourth-order valence-electron chi connectivity index (χ4n) is 2.13. The third kappa shape index (κ3) is 3.58. The predicted octanol–water partition coefficient (Wildman–Crippen LogP) is 4.60. The Bertz CT molecular complexity index is 736. The molecule has 0 aliphatic carbocycles. The third-order valence-electron chi connectivity index (χ3n) is 3.22. The average Bonchev–Trinajstić information content (AvgIpc) is 2.51. The summed E-state index contributed by atoms with van der Waals surface area (Å²) < 4.78 is 0. The average molecular weight is 334 g/mol. The molecule has 0 radical (unpaired) electrons. The van der Waals surface area contributed by atoms with Crippen LogP contribution in [-0.4, -0.2) is 11.5 Å². The lowest BCUT2D eigenvalue weighted by Gasteiger charge is -2.14. The van der Waals surface area contributed by atoms with Crippen LogP contribution in [0.15, 0.2) is 41.4 Å². The first kappa shape index (κ1) is 16.3. The van der Waals surface area contributed by atoms with Gasteiger partial charge < -0.3 is 0 Å². The van der Waals surface area contributed by atoms with E-state index < -0.39 is 5.92 Å². The molecule has 0 aromatic heterocycles. The van der Waals surface area contributed by atoms with E-state index >= 15 is 0 Å². The highest BCUT2D eigenvalue weighted by atomic mass is 35.5. The molecule has 0 aliphatic heterocycles. The number of hydrogen-bond donors (Lipinski definition) is 2. The van der Waals surface area contributed by atoms with E-state index in [0.29, 0.717) is 21.3 Å². The van der Waals surface area contributed by atoms with Gasteiger partial charge in [-0.15, -0.1) is 0 Å². The van der Waals surface area contributed by atoms with E-state index in [-0.39, 0.29) is 0 Å². The summed E-state index contributed by atoms with van der Waals surface area (Å²) in [5.41, 5.74) is 4.83. The second-order valence-corrected chi connectivity index (χ2v) is 5.50. The van der Waals surface area contributed by atoms with Crippen LogP contribution in [-0.2, 0) is 0 Å². The molecule has 0 spiro atoms. The summed E-state index contributed by atoms with van der Waals surface area (Å²) in [7, 11) is 0. The zero-order valence-electron chi connectivity index (χ0n) is 11.7. The van der Waals surface area contributed by atoms with Crippen molar-refractivity contribution in [1.82, 2.24) is 5.48 Å². The number of aliphatic imine (C=N–C) groups is 1. The van der Waals surface area contributed by atoms with Crippen LogP contribution in [0.4, 0.5) is 5.69 Å². The molecule has 6 heteroatoms. The molecule has 2 rings (SSSR count). The van der Waals surface area contributed by atoms with E-state index in [2.05, 4.69) is 11.1 Å². The number of aryl methyl sites for hydroxylation is 1. The molecule has 2 aromatic carbocycles. The molecule has 1 unspecified atom stereocenters. The quantitative estimate of drug-likeness (QED) is 0.488. The van der Waals surface area contributed by atoms with Gasteiger partial charge in [-0.25, -0.2) is 4.99 Å². The van der Waals surface area contributed by atoms with E-state index in [0.717, 1.165) is 17.5 Å². The van der Waals surface area contributed by atoms with Gasteiger partial charge >= 0.3 is 0 Å². The zero-order valence-corrected chi connectivity index (χ0v) is 13.2. The molecule has 0 saturated heterocycles. The van der Waals surface area contributed by atoms with Gasteiger partial charge in [0.15, 0.2) is 0 Å². The molecule has 0 fully saturated rings. The Morgan fingerprint density at radius 1 is 1.27 bits per heavy atom. The number of nitrogens with one attached hydrogen (secondary N) is 1. The lowest BCUT2D eigenvalue weighted by atomic mass is 9.91. The van der Waals surface area contributed by atoms with Crippen molar-refractivity contribution < 1.29 is 5.21 Å². The van der Waals surface area contributed by atoms with Gasteiger partial charge in [-0.2, -0.15) is 5.26 Å². The minimum Gasteiger partial charge on any atom is -0.290 e. The molecule has 1 atom stereocenters. The van der Waals surface area contributed by atoms with E-state index in [9.17, 15) is 5.26 Å². The Morgan fingerprint density at radius 2 is 1.95 bits per heavy atom. The molecule has 2 aromatic rings. The SMILES string of the molecule is Cc1cc(C(C#N)c2ccc(Cl)cc2)c(Cl)cc1N=CNO. The Balaban J connectivity index is 2.46. The van der Waals surface area contributed by atoms with Crippen molar-refractivity contribution >= 4 is 35.2 Å². The number of hydrogen-bond acceptors (Lipinski definition) is 3. The Hall–Kier alpha value is -2.06. The largest absolute Gasteiger partial charge is 0.290 e. The van der Waals surface area contributed by atoms with Gasteiger partial charge in [0, 0.05) is 10.0 Å². The van der Waals surface area contributed by atoms with Crippen molar-refractivity contribution in [3.63, 3.8) is 0 Å². The van der Waals surface area contributed by atoms with Crippen LogP contribution < -0.4 is 5.48 Å². The first-order valence-corrected chi connectivity index (χ1v) is 7.19. The van der Waals surface area contributed by atoms with Gasteiger partial charge in [-0.05, 0) is 41.8 Å². The van der Waals surface area contributed by atoms with Crippen LogP contribution in [0.2, 0.25) is 10.0 Å². The van der Waals surface area contributed by atoms with Crippen LogP contribution in [0.1, 0.15) is 22.6 Å². The number of rotatable bonds is 4. The van der Waals surface area contributed by atoms with Crippen molar-refractivity contribution in [2.75, 3.05) is 0 Å². The molecule has 22 heavy (non-hydrogen) atoms. The lowest BCUT2D eigenvalue weighted by Crippen LogP contribution is -2.02. The first-order valence-electron chi connectivity index (χ1n) is 6.44. The van der Waals surface area contributed by atoms with Crippen LogP contribution in [0, 0.1) is 18.3 Å². The van der Waals surface area contributed by atoms with E-state index in [1.807, 2.05) is 30.6 Å². The molecular weight excluding hydrogens is 321 g/mol. The summed E-state index contributed by atoms with van der Waals surface area (Å²) in [6, 6.07) is 12.9. The lowest BCUT2D eigenvalue weighted by molar-refractivity contribution is 0.240. The number of hydroxylamine groups is 1. The summed E-state index contributed by atoms with van der Waals surface area (Å²) in [6.07, 6.45) is 1.15. The Labute approximate surface area is 138 Å². The molecular formula is C16H13Cl2N3O. The fourth-order valence-corrected chi connectivity index (χ4v) is 2.52. The van der Waals surface area contributed by atoms with Gasteiger partial charge in [0.2, 0.25) is 0 Å². The Kier molecular flexibility index (Phi) is 5.40. The normalized spacial score (nSPS) is 12.1. The van der Waals surface area contributed by atoms with Gasteiger partial charge in [-0.3, -0.25) is 10.7 Å². The van der Waals surface area contributed by atoms with Crippen molar-refractivity contribution in [2.24, 2.45) is 4.99 Å². The second kappa shape index (κ2) is 7.28. The fraction of sp³-hybridized carbons (Fsp3) is 0.125. The van der Waals surface area contributed by atoms with Gasteiger partial charge in [0.05, 0.1) is 17.7 Å². The monoisotopic (exact) mass is 333 g/mol. The zero-order chi connectivity index (χ0) is 16.1. The molecule has 4 nitrogen and oxygen atoms in total. The highest BCUT2D eigenvalue weighted by molar-refractivity contribution is 6.32. The highest BCUT2D eigenvalue weighted by Crippen LogP contribution is 2.35. The summed E-state index contributed by atoms with van der Waals surface area (Å²) in [6.45, 7) is 1.86. The first-order chi connectivity index (χ1) is 10.6. The smallest absolute Gasteiger partial charge is 0.113 e. The molecule has 0 bridgehead atoms. The minimum absolute atomic E-state index is 0.442. The highest BCUT2D eigenvalue weighted by Gasteiger charge is 2.18. The summed E-state index contributed by atoms with van der Waals surface area (Å²) in [4.78, 5) is 4.02. The molecule has 0 heterocycles. The van der Waals surface area contributed by atoms with Crippen molar-refractivity contribution in [2.45, 2.75) is 12.8 Å². The van der Waals surface area contributed by atoms with Gasteiger partial charge in [0.1, 0.15) is 6.34 Å². The number of nitriles is 1. The van der Waals surface area contributed by atoms with Gasteiger partial charge in [-0.1, -0.05) is 41.4 Å². The molecule has 0 aliphatic rings. The summed E-state index contributed by atoms with van der Waals surface area (Å²) in [5.74, 6) is -0.488. The van der Waals surface area contributed by atoms with E-state index in [4.69, 9.17) is 28.4 Å². The minimum atomic E-state index is -0.488. The number of benzene rings is 2. The van der Waals surface area contributed by atoms with Crippen molar-refractivity contribution in [3.8, 4) is 6.07 Å². The molecule has 0 amide bonds. The summed E-state index contributed by atoms with van der Waals surface area (Å²) in [5, 5.41) is 19.1. The van der Waals surface area contributed by atoms with E-state index in [1.54, 1.807) is 18.2 Å². The number of nitrogens with zero attached hydrogens (tertiary/aromatic N) is 2. The maximum Gasteiger partial charge on any atom is 0.113 e. The number of halogens is 2. The van der Waals surface area contributed by atoms with Crippen LogP contribution in [0.3, 0.4) is 0 Å². The summed E-state index contributed by atoms with van der Waals surface area (Å²) >= 11 is 12.2. The van der Waals surface area contributed by atoms with Gasteiger partial charge in [0.25, 0.3) is 0 Å². The van der Waals surface area contributed by atoms with E-state index in [1.165, 1.54) is 0 Å². The van der Waals surface area contributed by atoms with Crippen molar-refractivity contribution in [1.29, 1.82) is 5.26 Å². The van der Waals surface area contributed by atoms with Crippen LogP contribution in [0.5, 0.6) is 0 Å². The third-order valence-corrected chi connectivity index (χ3v) is 3.80. The molecule has 112 valence electrons. The predicted molar refractivity (Wildman–Crippen MR) is 88.2 cm³/mol. The Morgan fingerprint density at radius 3 is 2.55 bits per heavy atom.